The highest BCUT2D eigenvalue weighted by molar-refractivity contribution is 6.22. The molecular weight excluding hydrogens is 265 g/mol. The van der Waals surface area contributed by atoms with Gasteiger partial charge in [0, 0.05) is 11.6 Å². The number of hydrogen-bond donors (Lipinski definition) is 1. The average Bonchev–Trinajstić information content (AvgIpc) is 2.82. The molecule has 112 valence electrons. The fraction of sp³-hybridized carbons (Fsp3) is 0.300. The van der Waals surface area contributed by atoms with Crippen molar-refractivity contribution in [1.29, 1.82) is 0 Å². The second kappa shape index (κ2) is 6.04. The van der Waals surface area contributed by atoms with Gasteiger partial charge in [0.2, 0.25) is 0 Å². The third kappa shape index (κ3) is 2.58. The maximum atomic E-state index is 4.24. The van der Waals surface area contributed by atoms with Crippen LogP contribution in [0.4, 0.5) is 0 Å². The molecule has 1 heterocycles. The van der Waals surface area contributed by atoms with Crippen LogP contribution in [0, 0.1) is 11.8 Å². The molecule has 0 aromatic carbocycles. The quantitative estimate of drug-likeness (QED) is 0.766. The zero-order valence-corrected chi connectivity index (χ0v) is 13.8. The Balaban J connectivity index is 1.98. The minimum absolute atomic E-state index is 0.361. The van der Waals surface area contributed by atoms with Crippen molar-refractivity contribution in [3.8, 4) is 0 Å². The number of allylic oxidation sites excluding steroid dienone is 10. The molecule has 1 saturated heterocycles. The van der Waals surface area contributed by atoms with E-state index in [2.05, 4.69) is 82.2 Å². The Morgan fingerprint density at radius 3 is 2.91 bits per heavy atom. The number of hydrogen-bond acceptors (Lipinski definition) is 1. The molecule has 2 heteroatoms. The van der Waals surface area contributed by atoms with Crippen molar-refractivity contribution in [1.82, 2.24) is 5.32 Å². The lowest BCUT2D eigenvalue weighted by atomic mass is 9.73. The van der Waals surface area contributed by atoms with E-state index in [9.17, 15) is 0 Å². The monoisotopic (exact) mass is 289 g/mol. The molecule has 0 amide bonds. The normalized spacial score (nSPS) is 32.6. The lowest BCUT2D eigenvalue weighted by Crippen LogP contribution is -2.26. The molecule has 0 radical (unpaired) electrons. The molecular formula is C20H24BN. The maximum Gasteiger partial charge on any atom is 0.134 e. The van der Waals surface area contributed by atoms with E-state index in [1.165, 1.54) is 22.2 Å². The second-order valence-corrected chi connectivity index (χ2v) is 6.45. The van der Waals surface area contributed by atoms with Gasteiger partial charge in [0.25, 0.3) is 0 Å². The summed E-state index contributed by atoms with van der Waals surface area (Å²) in [6.07, 6.45) is 19.0. The average molecular weight is 289 g/mol. The van der Waals surface area contributed by atoms with Gasteiger partial charge in [0.1, 0.15) is 7.85 Å². The summed E-state index contributed by atoms with van der Waals surface area (Å²) in [4.78, 5) is 0. The molecule has 1 nitrogen and oxygen atoms in total. The van der Waals surface area contributed by atoms with Crippen molar-refractivity contribution in [3.63, 3.8) is 0 Å². The SMILES string of the molecule is BC1=CC=C[C@H]2NC(=C)/C(=C\C(=C/C)C3=CC=CCC3C)C12. The van der Waals surface area contributed by atoms with E-state index < -0.39 is 0 Å². The van der Waals surface area contributed by atoms with Crippen LogP contribution in [0.5, 0.6) is 0 Å². The molecule has 1 N–H and O–H groups in total. The molecule has 3 aliphatic rings. The standard InChI is InChI=1S/C20H24BN/c1-4-15(16-9-6-5-8-13(16)2)12-17-14(3)22-19-11-7-10-18(21)20(17)19/h4-7,9-13,19-20,22H,3,8,21H2,1-2H3/b15-4+,17-12+/t13?,19-,20?/m1/s1. The van der Waals surface area contributed by atoms with E-state index in [1.54, 1.807) is 0 Å². The Kier molecular flexibility index (Phi) is 4.11. The second-order valence-electron chi connectivity index (χ2n) is 6.45. The summed E-state index contributed by atoms with van der Waals surface area (Å²) in [6.45, 7) is 8.68. The van der Waals surface area contributed by atoms with Crippen molar-refractivity contribution >= 4 is 7.85 Å². The summed E-state index contributed by atoms with van der Waals surface area (Å²) in [7, 11) is 2.22. The van der Waals surface area contributed by atoms with E-state index >= 15 is 0 Å². The summed E-state index contributed by atoms with van der Waals surface area (Å²) < 4.78 is 0. The van der Waals surface area contributed by atoms with Gasteiger partial charge >= 0.3 is 0 Å². The third-order valence-corrected chi connectivity index (χ3v) is 4.94. The number of nitrogens with one attached hydrogen (secondary N) is 1. The highest BCUT2D eigenvalue weighted by Crippen LogP contribution is 2.38. The Bertz CT molecular complexity index is 670. The fourth-order valence-electron chi connectivity index (χ4n) is 3.67. The van der Waals surface area contributed by atoms with Crippen LogP contribution in [0.2, 0.25) is 0 Å². The zero-order chi connectivity index (χ0) is 15.7. The van der Waals surface area contributed by atoms with Gasteiger partial charge in [0.15, 0.2) is 0 Å². The first-order valence-corrected chi connectivity index (χ1v) is 8.17. The van der Waals surface area contributed by atoms with Crippen molar-refractivity contribution in [2.24, 2.45) is 11.8 Å². The van der Waals surface area contributed by atoms with Crippen LogP contribution in [-0.4, -0.2) is 13.9 Å². The summed E-state index contributed by atoms with van der Waals surface area (Å²) in [6, 6.07) is 0.361. The Morgan fingerprint density at radius 1 is 1.36 bits per heavy atom. The van der Waals surface area contributed by atoms with Crippen molar-refractivity contribution in [2.75, 3.05) is 0 Å². The maximum absolute atomic E-state index is 4.24. The summed E-state index contributed by atoms with van der Waals surface area (Å²) >= 11 is 0. The lowest BCUT2D eigenvalue weighted by molar-refractivity contribution is 0.643. The molecule has 2 unspecified atom stereocenters. The molecule has 1 aliphatic heterocycles. The van der Waals surface area contributed by atoms with Gasteiger partial charge in [-0.2, -0.15) is 0 Å². The molecule has 3 atom stereocenters. The predicted octanol–water partition coefficient (Wildman–Crippen LogP) is 3.57. The number of rotatable bonds is 2. The van der Waals surface area contributed by atoms with Crippen LogP contribution in [0.3, 0.4) is 0 Å². The van der Waals surface area contributed by atoms with Crippen LogP contribution in [-0.2, 0) is 0 Å². The largest absolute Gasteiger partial charge is 0.378 e. The predicted molar refractivity (Wildman–Crippen MR) is 98.2 cm³/mol. The van der Waals surface area contributed by atoms with E-state index in [1.807, 2.05) is 0 Å². The molecule has 0 saturated carbocycles. The van der Waals surface area contributed by atoms with Crippen LogP contribution in [0.1, 0.15) is 20.3 Å². The van der Waals surface area contributed by atoms with Gasteiger partial charge in [-0.3, -0.25) is 0 Å². The van der Waals surface area contributed by atoms with Gasteiger partial charge in [-0.1, -0.05) is 56.0 Å². The minimum Gasteiger partial charge on any atom is -0.378 e. The van der Waals surface area contributed by atoms with Gasteiger partial charge in [-0.05, 0) is 42.1 Å². The molecule has 0 aromatic rings. The van der Waals surface area contributed by atoms with E-state index in [0.717, 1.165) is 12.1 Å². The molecule has 3 rings (SSSR count). The smallest absolute Gasteiger partial charge is 0.134 e. The first-order valence-electron chi connectivity index (χ1n) is 8.17. The highest BCUT2D eigenvalue weighted by Gasteiger charge is 2.34. The molecule has 1 fully saturated rings. The summed E-state index contributed by atoms with van der Waals surface area (Å²) in [5, 5.41) is 3.53. The first kappa shape index (κ1) is 15.0. The zero-order valence-electron chi connectivity index (χ0n) is 13.8. The van der Waals surface area contributed by atoms with Crippen molar-refractivity contribution < 1.29 is 0 Å². The first-order chi connectivity index (χ1) is 10.6. The van der Waals surface area contributed by atoms with Crippen molar-refractivity contribution in [2.45, 2.75) is 26.3 Å². The molecule has 22 heavy (non-hydrogen) atoms. The summed E-state index contributed by atoms with van der Waals surface area (Å²) in [5.41, 5.74) is 6.57. The minimum atomic E-state index is 0.361. The van der Waals surface area contributed by atoms with Gasteiger partial charge in [-0.25, -0.2) is 0 Å². The lowest BCUT2D eigenvalue weighted by Gasteiger charge is -2.22. The number of fused-ring (bicyclic) bond motifs is 1. The topological polar surface area (TPSA) is 12.0 Å². The Hall–Kier alpha value is -1.96. The van der Waals surface area contributed by atoms with Crippen LogP contribution >= 0.6 is 0 Å². The highest BCUT2D eigenvalue weighted by atomic mass is 15.0. The Labute approximate surface area is 135 Å². The van der Waals surface area contributed by atoms with E-state index in [4.69, 9.17) is 0 Å². The van der Waals surface area contributed by atoms with Crippen LogP contribution < -0.4 is 5.32 Å². The van der Waals surface area contributed by atoms with Gasteiger partial charge < -0.3 is 5.32 Å². The molecule has 0 spiro atoms. The fourth-order valence-corrected chi connectivity index (χ4v) is 3.67. The van der Waals surface area contributed by atoms with Crippen LogP contribution in [0.15, 0.2) is 83.1 Å². The van der Waals surface area contributed by atoms with Crippen LogP contribution in [0.25, 0.3) is 0 Å². The summed E-state index contributed by atoms with van der Waals surface area (Å²) in [5.74, 6) is 0.997. The van der Waals surface area contributed by atoms with E-state index in [0.29, 0.717) is 17.9 Å². The Morgan fingerprint density at radius 2 is 2.18 bits per heavy atom. The van der Waals surface area contributed by atoms with E-state index in [-0.39, 0.29) is 0 Å². The molecule has 2 aliphatic carbocycles. The van der Waals surface area contributed by atoms with Gasteiger partial charge in [-0.15, -0.1) is 5.47 Å². The molecule has 0 bridgehead atoms. The van der Waals surface area contributed by atoms with Crippen molar-refractivity contribution in [3.05, 3.63) is 83.1 Å². The third-order valence-electron chi connectivity index (χ3n) is 4.94. The van der Waals surface area contributed by atoms with Gasteiger partial charge in [0.05, 0.1) is 6.04 Å². The molecule has 0 aromatic heterocycles.